The minimum absolute atomic E-state index is 0.0853. The average molecular weight is 306 g/mol. The number of morpholine rings is 1. The molecule has 1 fully saturated rings. The first kappa shape index (κ1) is 15.1. The van der Waals surface area contributed by atoms with Crippen molar-refractivity contribution < 1.29 is 9.26 Å². The minimum atomic E-state index is 0.0853. The molecule has 0 N–H and O–H groups in total. The van der Waals surface area contributed by atoms with Gasteiger partial charge in [0.25, 0.3) is 0 Å². The molecule has 2 atom stereocenters. The van der Waals surface area contributed by atoms with Crippen LogP contribution in [0.2, 0.25) is 0 Å². The standard InChI is InChI=1S/C14H22N6O2/c1-10(2)13-17-14(22-18-13)11(3)19-4-5-21-12(6-19)7-20-9-15-8-16-20/h8-12H,4-7H2,1-3H3/t11-,12+/m0/s1. The quantitative estimate of drug-likeness (QED) is 0.822. The lowest BCUT2D eigenvalue weighted by atomic mass is 10.2. The van der Waals surface area contributed by atoms with Gasteiger partial charge in [0.2, 0.25) is 5.89 Å². The second-order valence-corrected chi connectivity index (χ2v) is 5.93. The van der Waals surface area contributed by atoms with Gasteiger partial charge in [-0.05, 0) is 6.92 Å². The van der Waals surface area contributed by atoms with Gasteiger partial charge < -0.3 is 9.26 Å². The van der Waals surface area contributed by atoms with Gasteiger partial charge in [0.15, 0.2) is 5.82 Å². The van der Waals surface area contributed by atoms with E-state index >= 15 is 0 Å². The second-order valence-electron chi connectivity index (χ2n) is 5.93. The number of aromatic nitrogens is 5. The van der Waals surface area contributed by atoms with Crippen LogP contribution in [0.4, 0.5) is 0 Å². The van der Waals surface area contributed by atoms with Gasteiger partial charge in [-0.3, -0.25) is 9.58 Å². The predicted molar refractivity (Wildman–Crippen MR) is 78.1 cm³/mol. The largest absolute Gasteiger partial charge is 0.374 e. The number of hydrogen-bond acceptors (Lipinski definition) is 7. The maximum Gasteiger partial charge on any atom is 0.243 e. The molecule has 0 unspecified atom stereocenters. The summed E-state index contributed by atoms with van der Waals surface area (Å²) in [7, 11) is 0. The molecule has 2 aromatic rings. The summed E-state index contributed by atoms with van der Waals surface area (Å²) >= 11 is 0. The van der Waals surface area contributed by atoms with Gasteiger partial charge in [-0.1, -0.05) is 19.0 Å². The molecule has 1 aliphatic rings. The smallest absolute Gasteiger partial charge is 0.243 e. The highest BCUT2D eigenvalue weighted by atomic mass is 16.5. The molecule has 8 heteroatoms. The van der Waals surface area contributed by atoms with Crippen LogP contribution in [0.5, 0.6) is 0 Å². The average Bonchev–Trinajstić information content (AvgIpc) is 3.18. The van der Waals surface area contributed by atoms with E-state index in [1.54, 1.807) is 11.0 Å². The molecule has 0 spiro atoms. The van der Waals surface area contributed by atoms with Crippen LogP contribution in [0.1, 0.15) is 44.4 Å². The normalized spacial score (nSPS) is 21.4. The van der Waals surface area contributed by atoms with E-state index in [1.165, 1.54) is 6.33 Å². The van der Waals surface area contributed by atoms with E-state index in [0.29, 0.717) is 19.0 Å². The molecule has 0 radical (unpaired) electrons. The van der Waals surface area contributed by atoms with Crippen molar-refractivity contribution in [3.63, 3.8) is 0 Å². The maximum absolute atomic E-state index is 5.81. The fourth-order valence-corrected chi connectivity index (χ4v) is 2.55. The lowest BCUT2D eigenvalue weighted by molar-refractivity contribution is -0.0532. The fraction of sp³-hybridized carbons (Fsp3) is 0.714. The van der Waals surface area contributed by atoms with Gasteiger partial charge in [0.05, 0.1) is 25.3 Å². The summed E-state index contributed by atoms with van der Waals surface area (Å²) < 4.78 is 13.0. The first-order valence-corrected chi connectivity index (χ1v) is 7.65. The lowest BCUT2D eigenvalue weighted by Crippen LogP contribution is -2.45. The Morgan fingerprint density at radius 3 is 2.91 bits per heavy atom. The third-order valence-electron chi connectivity index (χ3n) is 3.91. The Balaban J connectivity index is 1.63. The van der Waals surface area contributed by atoms with Crippen molar-refractivity contribution in [1.29, 1.82) is 0 Å². The monoisotopic (exact) mass is 306 g/mol. The van der Waals surface area contributed by atoms with Crippen molar-refractivity contribution in [3.05, 3.63) is 24.4 Å². The third-order valence-corrected chi connectivity index (χ3v) is 3.91. The van der Waals surface area contributed by atoms with Gasteiger partial charge in [-0.2, -0.15) is 10.1 Å². The molecule has 0 aromatic carbocycles. The molecule has 3 heterocycles. The van der Waals surface area contributed by atoms with Gasteiger partial charge >= 0.3 is 0 Å². The molecule has 0 amide bonds. The molecule has 22 heavy (non-hydrogen) atoms. The Hall–Kier alpha value is -1.80. The Morgan fingerprint density at radius 2 is 2.23 bits per heavy atom. The molecule has 8 nitrogen and oxygen atoms in total. The van der Waals surface area contributed by atoms with E-state index in [9.17, 15) is 0 Å². The SMILES string of the molecule is CC(C)c1noc([C@H](C)N2CCO[C@@H](Cn3cncn3)C2)n1. The summed E-state index contributed by atoms with van der Waals surface area (Å²) in [5, 5.41) is 8.17. The van der Waals surface area contributed by atoms with E-state index < -0.39 is 0 Å². The van der Waals surface area contributed by atoms with Gasteiger partial charge in [0.1, 0.15) is 12.7 Å². The highest BCUT2D eigenvalue weighted by molar-refractivity contribution is 4.96. The maximum atomic E-state index is 5.81. The van der Waals surface area contributed by atoms with Gasteiger partial charge in [0, 0.05) is 19.0 Å². The minimum Gasteiger partial charge on any atom is -0.374 e. The van der Waals surface area contributed by atoms with Crippen molar-refractivity contribution in [1.82, 2.24) is 29.8 Å². The predicted octanol–water partition coefficient (Wildman–Crippen LogP) is 1.25. The number of hydrogen-bond donors (Lipinski definition) is 0. The van der Waals surface area contributed by atoms with Crippen molar-refractivity contribution in [3.8, 4) is 0 Å². The highest BCUT2D eigenvalue weighted by Gasteiger charge is 2.28. The summed E-state index contributed by atoms with van der Waals surface area (Å²) in [6.45, 7) is 9.26. The van der Waals surface area contributed by atoms with Gasteiger partial charge in [-0.25, -0.2) is 4.98 Å². The van der Waals surface area contributed by atoms with Crippen LogP contribution in [0.3, 0.4) is 0 Å². The summed E-state index contributed by atoms with van der Waals surface area (Å²) in [6.07, 6.45) is 3.33. The lowest BCUT2D eigenvalue weighted by Gasteiger charge is -2.35. The van der Waals surface area contributed by atoms with Crippen LogP contribution < -0.4 is 0 Å². The molecule has 120 valence electrons. The van der Waals surface area contributed by atoms with Crippen LogP contribution in [-0.2, 0) is 11.3 Å². The molecular formula is C14H22N6O2. The summed E-state index contributed by atoms with van der Waals surface area (Å²) in [4.78, 5) is 10.8. The second kappa shape index (κ2) is 6.53. The fourth-order valence-electron chi connectivity index (χ4n) is 2.55. The van der Waals surface area contributed by atoms with E-state index in [1.807, 2.05) is 0 Å². The summed E-state index contributed by atoms with van der Waals surface area (Å²) in [5.41, 5.74) is 0. The number of ether oxygens (including phenoxy) is 1. The van der Waals surface area contributed by atoms with Crippen molar-refractivity contribution in [2.45, 2.75) is 45.4 Å². The number of rotatable bonds is 5. The zero-order valence-corrected chi connectivity index (χ0v) is 13.2. The van der Waals surface area contributed by atoms with Crippen LogP contribution in [-0.4, -0.2) is 55.6 Å². The first-order chi connectivity index (χ1) is 10.6. The van der Waals surface area contributed by atoms with Crippen molar-refractivity contribution in [2.75, 3.05) is 19.7 Å². The highest BCUT2D eigenvalue weighted by Crippen LogP contribution is 2.23. The van der Waals surface area contributed by atoms with Crippen LogP contribution in [0.15, 0.2) is 17.2 Å². The van der Waals surface area contributed by atoms with Crippen LogP contribution in [0.25, 0.3) is 0 Å². The topological polar surface area (TPSA) is 82.1 Å². The Bertz CT molecular complexity index is 582. The molecule has 1 aliphatic heterocycles. The molecule has 1 saturated heterocycles. The molecule has 2 aromatic heterocycles. The number of nitrogens with zero attached hydrogens (tertiary/aromatic N) is 6. The van der Waals surface area contributed by atoms with E-state index in [0.717, 1.165) is 18.9 Å². The van der Waals surface area contributed by atoms with E-state index in [2.05, 4.69) is 45.9 Å². The van der Waals surface area contributed by atoms with Crippen LogP contribution >= 0.6 is 0 Å². The molecule has 3 rings (SSSR count). The van der Waals surface area contributed by atoms with Crippen molar-refractivity contribution in [2.24, 2.45) is 0 Å². The van der Waals surface area contributed by atoms with E-state index in [-0.39, 0.29) is 18.1 Å². The Labute approximate surface area is 129 Å². The van der Waals surface area contributed by atoms with Crippen molar-refractivity contribution >= 4 is 0 Å². The first-order valence-electron chi connectivity index (χ1n) is 7.65. The summed E-state index contributed by atoms with van der Waals surface area (Å²) in [5.74, 6) is 1.70. The van der Waals surface area contributed by atoms with E-state index in [4.69, 9.17) is 9.26 Å². The van der Waals surface area contributed by atoms with Crippen LogP contribution in [0, 0.1) is 0 Å². The Morgan fingerprint density at radius 1 is 1.36 bits per heavy atom. The zero-order chi connectivity index (χ0) is 15.5. The summed E-state index contributed by atoms with van der Waals surface area (Å²) in [6, 6.07) is 0.0853. The molecular weight excluding hydrogens is 284 g/mol. The zero-order valence-electron chi connectivity index (χ0n) is 13.2. The molecule has 0 saturated carbocycles. The molecule has 0 aliphatic carbocycles. The third kappa shape index (κ3) is 3.33. The molecule has 0 bridgehead atoms. The Kier molecular flexibility index (Phi) is 4.49. The van der Waals surface area contributed by atoms with Gasteiger partial charge in [-0.15, -0.1) is 0 Å².